The number of hydrogen-bond acceptors (Lipinski definition) is 5. The van der Waals surface area contributed by atoms with Gasteiger partial charge in [0.05, 0.1) is 7.11 Å². The molecule has 2 fully saturated rings. The van der Waals surface area contributed by atoms with Crippen molar-refractivity contribution in [3.63, 3.8) is 0 Å². The molecule has 8 heteroatoms. The Morgan fingerprint density at radius 3 is 2.65 bits per heavy atom. The summed E-state index contributed by atoms with van der Waals surface area (Å²) < 4.78 is 33.0. The average Bonchev–Trinajstić information content (AvgIpc) is 2.96. The van der Waals surface area contributed by atoms with E-state index in [0.717, 1.165) is 31.4 Å². The number of carbonyl (C=O) groups is 1. The molecule has 26 heavy (non-hydrogen) atoms. The van der Waals surface area contributed by atoms with Crippen LogP contribution < -0.4 is 15.4 Å². The molecule has 0 aromatic heterocycles. The maximum Gasteiger partial charge on any atom is 0.246 e. The van der Waals surface area contributed by atoms with E-state index in [0.29, 0.717) is 18.8 Å². The van der Waals surface area contributed by atoms with Gasteiger partial charge in [-0.2, -0.15) is 4.31 Å². The van der Waals surface area contributed by atoms with Crippen molar-refractivity contribution >= 4 is 15.9 Å². The quantitative estimate of drug-likeness (QED) is 0.813. The topological polar surface area (TPSA) is 87.7 Å². The Morgan fingerprint density at radius 2 is 2.04 bits per heavy atom. The molecule has 2 N–H and O–H groups in total. The second-order valence-electron chi connectivity index (χ2n) is 7.32. The molecule has 1 aromatic rings. The summed E-state index contributed by atoms with van der Waals surface area (Å²) in [6.07, 6.45) is 2.31. The normalized spacial score (nSPS) is 23.1. The lowest BCUT2D eigenvalue weighted by atomic mass is 9.86. The van der Waals surface area contributed by atoms with Crippen molar-refractivity contribution in [1.29, 1.82) is 0 Å². The number of benzene rings is 1. The second kappa shape index (κ2) is 7.17. The summed E-state index contributed by atoms with van der Waals surface area (Å²) >= 11 is 0. The number of piperidine rings is 1. The first-order chi connectivity index (χ1) is 12.3. The van der Waals surface area contributed by atoms with Crippen molar-refractivity contribution in [3.8, 4) is 5.75 Å². The number of ether oxygens (including phenoxy) is 1. The molecule has 1 atom stereocenters. The van der Waals surface area contributed by atoms with Gasteiger partial charge in [-0.05, 0) is 43.9 Å². The van der Waals surface area contributed by atoms with Crippen molar-refractivity contribution in [3.05, 3.63) is 23.8 Å². The third-order valence-electron chi connectivity index (χ3n) is 5.38. The van der Waals surface area contributed by atoms with Crippen LogP contribution in [-0.4, -0.2) is 57.0 Å². The van der Waals surface area contributed by atoms with Crippen LogP contribution in [0.1, 0.15) is 31.7 Å². The van der Waals surface area contributed by atoms with Gasteiger partial charge >= 0.3 is 0 Å². The first kappa shape index (κ1) is 19.1. The largest absolute Gasteiger partial charge is 0.495 e. The number of nitrogens with zero attached hydrogens (tertiary/aromatic N) is 1. The van der Waals surface area contributed by atoms with Crippen LogP contribution in [0.5, 0.6) is 5.75 Å². The van der Waals surface area contributed by atoms with Gasteiger partial charge < -0.3 is 15.4 Å². The van der Waals surface area contributed by atoms with E-state index in [1.54, 1.807) is 16.4 Å². The van der Waals surface area contributed by atoms with Crippen molar-refractivity contribution in [2.75, 3.05) is 26.7 Å². The fourth-order valence-electron chi connectivity index (χ4n) is 4.01. The highest BCUT2D eigenvalue weighted by atomic mass is 32.2. The predicted molar refractivity (Wildman–Crippen MR) is 98.7 cm³/mol. The molecule has 0 saturated carbocycles. The smallest absolute Gasteiger partial charge is 0.246 e. The minimum atomic E-state index is -3.60. The van der Waals surface area contributed by atoms with Gasteiger partial charge in [0, 0.05) is 38.1 Å². The van der Waals surface area contributed by atoms with E-state index in [1.807, 2.05) is 13.0 Å². The van der Waals surface area contributed by atoms with E-state index in [2.05, 4.69) is 10.6 Å². The summed E-state index contributed by atoms with van der Waals surface area (Å²) in [7, 11) is -2.11. The number of nitrogens with one attached hydrogen (secondary N) is 2. The van der Waals surface area contributed by atoms with Crippen molar-refractivity contribution in [2.24, 2.45) is 0 Å². The van der Waals surface area contributed by atoms with E-state index in [-0.39, 0.29) is 22.4 Å². The van der Waals surface area contributed by atoms with Gasteiger partial charge in [-0.15, -0.1) is 0 Å². The highest BCUT2D eigenvalue weighted by Gasteiger charge is 2.43. The molecule has 144 valence electrons. The Bertz CT molecular complexity index is 786. The molecule has 2 heterocycles. The van der Waals surface area contributed by atoms with Gasteiger partial charge in [0.1, 0.15) is 10.6 Å². The molecular formula is C18H27N3O4S. The lowest BCUT2D eigenvalue weighted by Gasteiger charge is -2.39. The van der Waals surface area contributed by atoms with Crippen LogP contribution in [0.4, 0.5) is 0 Å². The molecule has 2 aliphatic rings. The van der Waals surface area contributed by atoms with Crippen molar-refractivity contribution < 1.29 is 17.9 Å². The van der Waals surface area contributed by atoms with Gasteiger partial charge in [0.25, 0.3) is 0 Å². The Kier molecular flexibility index (Phi) is 5.28. The van der Waals surface area contributed by atoms with Crippen LogP contribution >= 0.6 is 0 Å². The molecule has 0 radical (unpaired) electrons. The monoisotopic (exact) mass is 381 g/mol. The third kappa shape index (κ3) is 3.72. The second-order valence-corrected chi connectivity index (χ2v) is 9.23. The summed E-state index contributed by atoms with van der Waals surface area (Å²) in [5.41, 5.74) is 0.795. The van der Waals surface area contributed by atoms with Crippen LogP contribution in [0, 0.1) is 6.92 Å². The van der Waals surface area contributed by atoms with Gasteiger partial charge in [-0.3, -0.25) is 4.79 Å². The highest BCUT2D eigenvalue weighted by molar-refractivity contribution is 7.89. The van der Waals surface area contributed by atoms with Gasteiger partial charge in [0.2, 0.25) is 15.9 Å². The van der Waals surface area contributed by atoms with E-state index in [9.17, 15) is 13.2 Å². The Hall–Kier alpha value is -1.64. The Morgan fingerprint density at radius 1 is 1.35 bits per heavy atom. The summed E-state index contributed by atoms with van der Waals surface area (Å²) in [6, 6.07) is 5.32. The first-order valence-electron chi connectivity index (χ1n) is 8.93. The summed E-state index contributed by atoms with van der Waals surface area (Å²) in [4.78, 5) is 11.5. The number of rotatable bonds is 4. The molecule has 1 aromatic carbocycles. The molecule has 2 aliphatic heterocycles. The van der Waals surface area contributed by atoms with E-state index >= 15 is 0 Å². The number of methoxy groups -OCH3 is 1. The predicted octanol–water partition coefficient (Wildman–Crippen LogP) is 1.02. The van der Waals surface area contributed by atoms with Gasteiger partial charge in [-0.25, -0.2) is 8.42 Å². The first-order valence-corrected chi connectivity index (χ1v) is 10.4. The number of hydrogen-bond donors (Lipinski definition) is 2. The van der Waals surface area contributed by atoms with E-state index in [1.165, 1.54) is 14.0 Å². The molecule has 1 amide bonds. The summed E-state index contributed by atoms with van der Waals surface area (Å²) in [6.45, 7) is 5.04. The number of amides is 1. The van der Waals surface area contributed by atoms with Gasteiger partial charge in [-0.1, -0.05) is 6.07 Å². The van der Waals surface area contributed by atoms with Crippen molar-refractivity contribution in [2.45, 2.75) is 49.6 Å². The van der Waals surface area contributed by atoms with Crippen LogP contribution in [0.3, 0.4) is 0 Å². The van der Waals surface area contributed by atoms with Crippen LogP contribution in [-0.2, 0) is 14.8 Å². The highest BCUT2D eigenvalue weighted by Crippen LogP contribution is 2.35. The van der Waals surface area contributed by atoms with Crippen LogP contribution in [0.15, 0.2) is 23.1 Å². The number of aryl methyl sites for hydroxylation is 1. The minimum Gasteiger partial charge on any atom is -0.495 e. The average molecular weight is 381 g/mol. The molecule has 1 unspecified atom stereocenters. The Labute approximate surface area is 155 Å². The molecule has 7 nitrogen and oxygen atoms in total. The summed E-state index contributed by atoms with van der Waals surface area (Å²) in [5.74, 6) is 0.348. The number of sulfonamides is 1. The molecule has 1 spiro atoms. The zero-order valence-electron chi connectivity index (χ0n) is 15.5. The standard InChI is InChI=1S/C18H27N3O4S/c1-13-4-5-16(25-3)17(10-13)26(23,24)21-8-6-18(7-9-21)11-15(12-19-18)20-14(2)22/h4-5,10,15,19H,6-9,11-12H2,1-3H3,(H,20,22). The lowest BCUT2D eigenvalue weighted by molar-refractivity contribution is -0.119. The Balaban J connectivity index is 1.72. The molecule has 0 aliphatic carbocycles. The molecular weight excluding hydrogens is 354 g/mol. The van der Waals surface area contributed by atoms with Crippen LogP contribution in [0.2, 0.25) is 0 Å². The van der Waals surface area contributed by atoms with Crippen LogP contribution in [0.25, 0.3) is 0 Å². The fourth-order valence-corrected chi connectivity index (χ4v) is 5.69. The van der Waals surface area contributed by atoms with Gasteiger partial charge in [0.15, 0.2) is 0 Å². The van der Waals surface area contributed by atoms with E-state index < -0.39 is 10.0 Å². The fraction of sp³-hybridized carbons (Fsp3) is 0.611. The maximum absolute atomic E-state index is 13.1. The molecule has 0 bridgehead atoms. The minimum absolute atomic E-state index is 0.0274. The van der Waals surface area contributed by atoms with Crippen molar-refractivity contribution in [1.82, 2.24) is 14.9 Å². The zero-order chi connectivity index (χ0) is 18.9. The molecule has 3 rings (SSSR count). The van der Waals surface area contributed by atoms with E-state index in [4.69, 9.17) is 4.74 Å². The lowest BCUT2D eigenvalue weighted by Crippen LogP contribution is -2.51. The number of carbonyl (C=O) groups excluding carboxylic acids is 1. The zero-order valence-corrected chi connectivity index (χ0v) is 16.4. The summed E-state index contributed by atoms with van der Waals surface area (Å²) in [5, 5.41) is 6.46. The SMILES string of the molecule is COc1ccc(C)cc1S(=O)(=O)N1CCC2(CC1)CC(NC(C)=O)CN2. The maximum atomic E-state index is 13.1. The third-order valence-corrected chi connectivity index (χ3v) is 7.30. The molecule has 2 saturated heterocycles.